The Bertz CT molecular complexity index is 852. The molecule has 0 spiro atoms. The quantitative estimate of drug-likeness (QED) is 0.726. The summed E-state index contributed by atoms with van der Waals surface area (Å²) in [6.45, 7) is 7.66. The van der Waals surface area contributed by atoms with E-state index in [-0.39, 0.29) is 17.1 Å². The van der Waals surface area contributed by atoms with Crippen molar-refractivity contribution in [1.82, 2.24) is 0 Å². The third kappa shape index (κ3) is 4.41. The third-order valence-electron chi connectivity index (χ3n) is 3.86. The topological polar surface area (TPSA) is 72.5 Å². The zero-order valence-corrected chi connectivity index (χ0v) is 16.5. The number of esters is 1. The van der Waals surface area contributed by atoms with Gasteiger partial charge >= 0.3 is 5.97 Å². The van der Waals surface area contributed by atoms with Crippen molar-refractivity contribution in [2.24, 2.45) is 0 Å². The number of nitrogens with one attached hydrogen (secondary N) is 1. The molecule has 0 radical (unpaired) electrons. The largest absolute Gasteiger partial charge is 0.462 e. The van der Waals surface area contributed by atoms with Crippen molar-refractivity contribution in [2.75, 3.05) is 11.3 Å². The van der Waals surface area contributed by atoms with Crippen LogP contribution >= 0.6 is 11.3 Å². The Morgan fingerprint density at radius 2 is 1.80 bits per heavy atom. The molecule has 2 rings (SSSR count). The van der Waals surface area contributed by atoms with Gasteiger partial charge in [-0.05, 0) is 50.5 Å². The number of hydrogen-bond donors (Lipinski definition) is 1. The predicted octanol–water partition coefficient (Wildman–Crippen LogP) is 4.29. The highest BCUT2D eigenvalue weighted by Crippen LogP contribution is 2.34. The Labute approximate surface area is 153 Å². The van der Waals surface area contributed by atoms with Crippen molar-refractivity contribution in [3.63, 3.8) is 0 Å². The standard InChI is InChI=1S/C18H23NO4S2/c1-5-7-14-8-10-15(11-9-14)25(21,22)19-17-16(18(20)23-6-2)12(3)13(4)24-17/h8-11,19H,5-7H2,1-4H3. The van der Waals surface area contributed by atoms with E-state index < -0.39 is 16.0 Å². The maximum atomic E-state index is 12.7. The Hall–Kier alpha value is -1.86. The fourth-order valence-electron chi connectivity index (χ4n) is 2.45. The van der Waals surface area contributed by atoms with E-state index >= 15 is 0 Å². The van der Waals surface area contributed by atoms with E-state index in [1.54, 1.807) is 26.0 Å². The molecule has 0 aliphatic carbocycles. The zero-order chi connectivity index (χ0) is 18.6. The molecule has 5 nitrogen and oxygen atoms in total. The summed E-state index contributed by atoms with van der Waals surface area (Å²) < 4.78 is 32.9. The summed E-state index contributed by atoms with van der Waals surface area (Å²) in [6, 6.07) is 6.81. The summed E-state index contributed by atoms with van der Waals surface area (Å²) in [4.78, 5) is 13.2. The van der Waals surface area contributed by atoms with Crippen LogP contribution in [-0.4, -0.2) is 21.0 Å². The van der Waals surface area contributed by atoms with Gasteiger partial charge in [-0.3, -0.25) is 4.72 Å². The Morgan fingerprint density at radius 3 is 2.36 bits per heavy atom. The second kappa shape index (κ2) is 8.01. The molecule has 0 unspecified atom stereocenters. The number of benzene rings is 1. The van der Waals surface area contributed by atoms with Crippen molar-refractivity contribution < 1.29 is 17.9 Å². The van der Waals surface area contributed by atoms with Crippen LogP contribution in [-0.2, 0) is 21.2 Å². The lowest BCUT2D eigenvalue weighted by Gasteiger charge is -2.09. The Balaban J connectivity index is 2.34. The first-order chi connectivity index (χ1) is 11.8. The molecule has 1 aromatic heterocycles. The van der Waals surface area contributed by atoms with Gasteiger partial charge in [-0.2, -0.15) is 0 Å². The van der Waals surface area contributed by atoms with Crippen LogP contribution in [0.25, 0.3) is 0 Å². The van der Waals surface area contributed by atoms with E-state index in [0.29, 0.717) is 5.00 Å². The average molecular weight is 382 g/mol. The van der Waals surface area contributed by atoms with Crippen molar-refractivity contribution >= 4 is 32.3 Å². The number of carbonyl (C=O) groups excluding carboxylic acids is 1. The highest BCUT2D eigenvalue weighted by Gasteiger charge is 2.24. The van der Waals surface area contributed by atoms with Gasteiger partial charge in [-0.1, -0.05) is 25.5 Å². The number of rotatable bonds is 7. The molecule has 0 saturated carbocycles. The molecular weight excluding hydrogens is 358 g/mol. The van der Waals surface area contributed by atoms with Gasteiger partial charge in [0, 0.05) is 4.88 Å². The van der Waals surface area contributed by atoms with Gasteiger partial charge in [-0.15, -0.1) is 11.3 Å². The molecule has 7 heteroatoms. The van der Waals surface area contributed by atoms with Gasteiger partial charge in [0.1, 0.15) is 5.00 Å². The maximum absolute atomic E-state index is 12.7. The lowest BCUT2D eigenvalue weighted by atomic mass is 10.1. The average Bonchev–Trinajstić information content (AvgIpc) is 2.82. The molecule has 136 valence electrons. The van der Waals surface area contributed by atoms with E-state index in [1.807, 2.05) is 19.1 Å². The number of thiophene rings is 1. The van der Waals surface area contributed by atoms with Crippen molar-refractivity contribution in [3.05, 3.63) is 45.8 Å². The van der Waals surface area contributed by atoms with E-state index in [1.165, 1.54) is 11.3 Å². The molecule has 0 bridgehead atoms. The molecule has 0 atom stereocenters. The Kier molecular flexibility index (Phi) is 6.24. The first kappa shape index (κ1) is 19.5. The zero-order valence-electron chi connectivity index (χ0n) is 14.9. The second-order valence-corrected chi connectivity index (χ2v) is 8.61. The summed E-state index contributed by atoms with van der Waals surface area (Å²) in [5, 5.41) is 0.297. The molecular formula is C18H23NO4S2. The highest BCUT2D eigenvalue weighted by molar-refractivity contribution is 7.93. The summed E-state index contributed by atoms with van der Waals surface area (Å²) in [5.41, 5.74) is 2.12. The fraction of sp³-hybridized carbons (Fsp3) is 0.389. The number of anilines is 1. The highest BCUT2D eigenvalue weighted by atomic mass is 32.2. The minimum Gasteiger partial charge on any atom is -0.462 e. The van der Waals surface area contributed by atoms with Crippen molar-refractivity contribution in [2.45, 2.75) is 45.4 Å². The van der Waals surface area contributed by atoms with Gasteiger partial charge in [-0.25, -0.2) is 13.2 Å². The fourth-order valence-corrected chi connectivity index (χ4v) is 4.81. The van der Waals surface area contributed by atoms with Gasteiger partial charge in [0.25, 0.3) is 10.0 Å². The van der Waals surface area contributed by atoms with Crippen LogP contribution in [0.2, 0.25) is 0 Å². The molecule has 1 N–H and O–H groups in total. The van der Waals surface area contributed by atoms with Crippen LogP contribution in [0, 0.1) is 13.8 Å². The van der Waals surface area contributed by atoms with Crippen LogP contribution in [0.1, 0.15) is 46.6 Å². The monoisotopic (exact) mass is 381 g/mol. The van der Waals surface area contributed by atoms with Gasteiger partial charge in [0.2, 0.25) is 0 Å². The van der Waals surface area contributed by atoms with E-state index in [0.717, 1.165) is 28.8 Å². The van der Waals surface area contributed by atoms with E-state index in [4.69, 9.17) is 4.74 Å². The molecule has 1 aromatic carbocycles. The van der Waals surface area contributed by atoms with Gasteiger partial charge in [0.05, 0.1) is 17.1 Å². The maximum Gasteiger partial charge on any atom is 0.341 e. The summed E-state index contributed by atoms with van der Waals surface area (Å²) in [5.74, 6) is -0.514. The van der Waals surface area contributed by atoms with Gasteiger partial charge < -0.3 is 4.74 Å². The summed E-state index contributed by atoms with van der Waals surface area (Å²) in [7, 11) is -3.77. The first-order valence-corrected chi connectivity index (χ1v) is 10.5. The van der Waals surface area contributed by atoms with Crippen LogP contribution < -0.4 is 4.72 Å². The number of aryl methyl sites for hydroxylation is 2. The minimum absolute atomic E-state index is 0.172. The second-order valence-electron chi connectivity index (χ2n) is 5.71. The first-order valence-electron chi connectivity index (χ1n) is 8.19. The molecule has 0 fully saturated rings. The van der Waals surface area contributed by atoms with Crippen LogP contribution in [0.4, 0.5) is 5.00 Å². The number of ether oxygens (including phenoxy) is 1. The van der Waals surface area contributed by atoms with E-state index in [2.05, 4.69) is 11.6 Å². The molecule has 0 amide bonds. The smallest absolute Gasteiger partial charge is 0.341 e. The number of hydrogen-bond acceptors (Lipinski definition) is 5. The molecule has 0 aliphatic heterocycles. The van der Waals surface area contributed by atoms with Gasteiger partial charge in [0.15, 0.2) is 0 Å². The third-order valence-corrected chi connectivity index (χ3v) is 6.48. The molecule has 2 aromatic rings. The normalized spacial score (nSPS) is 11.4. The van der Waals surface area contributed by atoms with Crippen molar-refractivity contribution in [1.29, 1.82) is 0 Å². The number of sulfonamides is 1. The summed E-state index contributed by atoms with van der Waals surface area (Å²) in [6.07, 6.45) is 1.91. The SMILES string of the molecule is CCCc1ccc(S(=O)(=O)Nc2sc(C)c(C)c2C(=O)OCC)cc1. The summed E-state index contributed by atoms with van der Waals surface area (Å²) >= 11 is 1.24. The lowest BCUT2D eigenvalue weighted by molar-refractivity contribution is 0.0527. The van der Waals surface area contributed by atoms with Crippen molar-refractivity contribution in [3.8, 4) is 0 Å². The van der Waals surface area contributed by atoms with Crippen LogP contribution in [0.15, 0.2) is 29.2 Å². The Morgan fingerprint density at radius 1 is 1.16 bits per heavy atom. The lowest BCUT2D eigenvalue weighted by Crippen LogP contribution is -2.15. The minimum atomic E-state index is -3.77. The predicted molar refractivity (Wildman–Crippen MR) is 101 cm³/mol. The number of carbonyl (C=O) groups is 1. The van der Waals surface area contributed by atoms with Crippen LogP contribution in [0.5, 0.6) is 0 Å². The molecule has 0 saturated heterocycles. The van der Waals surface area contributed by atoms with Crippen LogP contribution in [0.3, 0.4) is 0 Å². The van der Waals surface area contributed by atoms with E-state index in [9.17, 15) is 13.2 Å². The molecule has 0 aliphatic rings. The molecule has 1 heterocycles. The molecule has 25 heavy (non-hydrogen) atoms.